The summed E-state index contributed by atoms with van der Waals surface area (Å²) >= 11 is 0. The van der Waals surface area contributed by atoms with Crippen molar-refractivity contribution < 1.29 is 9.59 Å². The number of para-hydroxylation sites is 1. The summed E-state index contributed by atoms with van der Waals surface area (Å²) in [5.74, 6) is -0.389. The van der Waals surface area contributed by atoms with Crippen LogP contribution in [-0.4, -0.2) is 17.9 Å². The van der Waals surface area contributed by atoms with Gasteiger partial charge in [-0.15, -0.1) is 0 Å². The van der Waals surface area contributed by atoms with E-state index in [1.807, 2.05) is 56.3 Å². The first-order chi connectivity index (χ1) is 11.0. The van der Waals surface area contributed by atoms with E-state index in [1.165, 1.54) is 0 Å². The molecule has 2 amide bonds. The van der Waals surface area contributed by atoms with Gasteiger partial charge in [-0.3, -0.25) is 9.59 Å². The first-order valence-electron chi connectivity index (χ1n) is 7.56. The first kappa shape index (κ1) is 15.1. The number of carbonyl (C=O) groups excluding carboxylic acids is 2. The summed E-state index contributed by atoms with van der Waals surface area (Å²) in [4.78, 5) is 24.3. The number of fused-ring (bicyclic) bond motifs is 1. The molecule has 1 aliphatic rings. The van der Waals surface area contributed by atoms with Gasteiger partial charge in [0.05, 0.1) is 17.8 Å². The number of hydrogen-bond donors (Lipinski definition) is 3. The van der Waals surface area contributed by atoms with Gasteiger partial charge in [-0.2, -0.15) is 0 Å². The summed E-state index contributed by atoms with van der Waals surface area (Å²) in [5, 5.41) is 8.82. The molecule has 0 unspecified atom stereocenters. The van der Waals surface area contributed by atoms with Crippen molar-refractivity contribution in [1.82, 2.24) is 0 Å². The van der Waals surface area contributed by atoms with Crippen molar-refractivity contribution in [3.8, 4) is 0 Å². The van der Waals surface area contributed by atoms with Crippen molar-refractivity contribution in [2.24, 2.45) is 0 Å². The Hall–Kier alpha value is -2.82. The Morgan fingerprint density at radius 2 is 1.74 bits per heavy atom. The number of carbonyl (C=O) groups is 2. The number of nitrogens with one attached hydrogen (secondary N) is 3. The fraction of sp³-hybridized carbons (Fsp3) is 0.222. The van der Waals surface area contributed by atoms with Crippen LogP contribution in [0.15, 0.2) is 42.5 Å². The summed E-state index contributed by atoms with van der Waals surface area (Å²) in [6, 6.07) is 12.6. The highest BCUT2D eigenvalue weighted by Gasteiger charge is 2.27. The Balaban J connectivity index is 1.70. The molecule has 2 aromatic carbocycles. The van der Waals surface area contributed by atoms with Crippen molar-refractivity contribution in [2.45, 2.75) is 26.3 Å². The van der Waals surface area contributed by atoms with Gasteiger partial charge in [0.15, 0.2) is 0 Å². The Bertz CT molecular complexity index is 756. The summed E-state index contributed by atoms with van der Waals surface area (Å²) < 4.78 is 0. The molecule has 0 fully saturated rings. The third-order valence-electron chi connectivity index (χ3n) is 3.99. The van der Waals surface area contributed by atoms with E-state index in [9.17, 15) is 9.59 Å². The van der Waals surface area contributed by atoms with Crippen LogP contribution in [-0.2, 0) is 9.59 Å². The van der Waals surface area contributed by atoms with Gasteiger partial charge < -0.3 is 16.0 Å². The SMILES string of the molecule is Cc1cc2c(cc1C)N[C@H](CC(=O)Nc1ccccc1)C(=O)N2. The molecule has 23 heavy (non-hydrogen) atoms. The molecule has 1 atom stereocenters. The minimum absolute atomic E-state index is 0.0765. The standard InChI is InChI=1S/C18H19N3O2/c1-11-8-14-15(9-12(11)2)21-18(23)16(20-14)10-17(22)19-13-6-4-3-5-7-13/h3-9,16,20H,10H2,1-2H3,(H,19,22)(H,21,23)/t16-/m1/s1. The number of rotatable bonds is 3. The van der Waals surface area contributed by atoms with Gasteiger partial charge in [0, 0.05) is 5.69 Å². The number of hydrogen-bond acceptors (Lipinski definition) is 3. The van der Waals surface area contributed by atoms with E-state index in [0.29, 0.717) is 0 Å². The molecule has 0 radical (unpaired) electrons. The minimum Gasteiger partial charge on any atom is -0.372 e. The Morgan fingerprint density at radius 3 is 2.43 bits per heavy atom. The molecule has 5 heteroatoms. The molecule has 1 aliphatic heterocycles. The summed E-state index contributed by atoms with van der Waals surface area (Å²) in [5.41, 5.74) is 4.59. The molecule has 0 aromatic heterocycles. The maximum Gasteiger partial charge on any atom is 0.247 e. The van der Waals surface area contributed by atoms with Gasteiger partial charge in [-0.25, -0.2) is 0 Å². The summed E-state index contributed by atoms with van der Waals surface area (Å²) in [7, 11) is 0. The number of amides is 2. The molecule has 3 N–H and O–H groups in total. The second-order valence-corrected chi connectivity index (χ2v) is 5.79. The zero-order valence-corrected chi connectivity index (χ0v) is 13.1. The fourth-order valence-corrected chi connectivity index (χ4v) is 2.57. The number of benzene rings is 2. The molecular formula is C18H19N3O2. The van der Waals surface area contributed by atoms with E-state index in [4.69, 9.17) is 0 Å². The van der Waals surface area contributed by atoms with Gasteiger partial charge in [0.25, 0.3) is 0 Å². The van der Waals surface area contributed by atoms with Gasteiger partial charge in [0.1, 0.15) is 6.04 Å². The normalized spacial score (nSPS) is 16.1. The molecule has 0 saturated heterocycles. The molecule has 0 bridgehead atoms. The van der Waals surface area contributed by atoms with E-state index in [1.54, 1.807) is 0 Å². The van der Waals surface area contributed by atoms with Crippen molar-refractivity contribution in [3.63, 3.8) is 0 Å². The maximum absolute atomic E-state index is 12.2. The molecule has 118 valence electrons. The maximum atomic E-state index is 12.2. The second kappa shape index (κ2) is 6.12. The van der Waals surface area contributed by atoms with E-state index >= 15 is 0 Å². The van der Waals surface area contributed by atoms with Gasteiger partial charge in [0.2, 0.25) is 11.8 Å². The molecule has 0 spiro atoms. The minimum atomic E-state index is -0.576. The molecule has 2 aromatic rings. The number of anilines is 3. The highest BCUT2D eigenvalue weighted by Crippen LogP contribution is 2.30. The van der Waals surface area contributed by atoms with Gasteiger partial charge >= 0.3 is 0 Å². The lowest BCUT2D eigenvalue weighted by Gasteiger charge is -2.27. The lowest BCUT2D eigenvalue weighted by atomic mass is 10.0. The van der Waals surface area contributed by atoms with Crippen LogP contribution in [0.2, 0.25) is 0 Å². The van der Waals surface area contributed by atoms with Gasteiger partial charge in [-0.1, -0.05) is 18.2 Å². The third-order valence-corrected chi connectivity index (χ3v) is 3.99. The van der Waals surface area contributed by atoms with E-state index in [0.717, 1.165) is 28.2 Å². The predicted octanol–water partition coefficient (Wildman–Crippen LogP) is 3.06. The molecule has 5 nitrogen and oxygen atoms in total. The van der Waals surface area contributed by atoms with Crippen LogP contribution in [0.5, 0.6) is 0 Å². The zero-order valence-electron chi connectivity index (χ0n) is 13.1. The topological polar surface area (TPSA) is 70.2 Å². The highest BCUT2D eigenvalue weighted by atomic mass is 16.2. The van der Waals surface area contributed by atoms with Crippen LogP contribution in [0.4, 0.5) is 17.1 Å². The summed E-state index contributed by atoms with van der Waals surface area (Å²) in [6.07, 6.45) is 0.0765. The van der Waals surface area contributed by atoms with Gasteiger partial charge in [-0.05, 0) is 49.2 Å². The van der Waals surface area contributed by atoms with Crippen LogP contribution in [0.1, 0.15) is 17.5 Å². The van der Waals surface area contributed by atoms with Crippen molar-refractivity contribution in [1.29, 1.82) is 0 Å². The average Bonchev–Trinajstić information content (AvgIpc) is 2.51. The quantitative estimate of drug-likeness (QED) is 0.816. The predicted molar refractivity (Wildman–Crippen MR) is 91.6 cm³/mol. The molecular weight excluding hydrogens is 290 g/mol. The number of aryl methyl sites for hydroxylation is 2. The van der Waals surface area contributed by atoms with E-state index in [2.05, 4.69) is 16.0 Å². The van der Waals surface area contributed by atoms with Crippen LogP contribution in [0.3, 0.4) is 0 Å². The van der Waals surface area contributed by atoms with Crippen molar-refractivity contribution >= 4 is 28.9 Å². The first-order valence-corrected chi connectivity index (χ1v) is 7.56. The smallest absolute Gasteiger partial charge is 0.247 e. The third kappa shape index (κ3) is 3.34. The van der Waals surface area contributed by atoms with E-state index in [-0.39, 0.29) is 18.2 Å². The summed E-state index contributed by atoms with van der Waals surface area (Å²) in [6.45, 7) is 4.02. The van der Waals surface area contributed by atoms with Crippen LogP contribution in [0.25, 0.3) is 0 Å². The Kier molecular flexibility index (Phi) is 4.02. The largest absolute Gasteiger partial charge is 0.372 e. The van der Waals surface area contributed by atoms with E-state index < -0.39 is 6.04 Å². The van der Waals surface area contributed by atoms with Crippen molar-refractivity contribution in [3.05, 3.63) is 53.6 Å². The highest BCUT2D eigenvalue weighted by molar-refractivity contribution is 6.06. The zero-order chi connectivity index (χ0) is 16.4. The molecule has 1 heterocycles. The second-order valence-electron chi connectivity index (χ2n) is 5.79. The lowest BCUT2D eigenvalue weighted by Crippen LogP contribution is -2.41. The monoisotopic (exact) mass is 309 g/mol. The molecule has 3 rings (SSSR count). The van der Waals surface area contributed by atoms with Crippen LogP contribution in [0, 0.1) is 13.8 Å². The van der Waals surface area contributed by atoms with Crippen molar-refractivity contribution in [2.75, 3.05) is 16.0 Å². The Morgan fingerprint density at radius 1 is 1.09 bits per heavy atom. The lowest BCUT2D eigenvalue weighted by molar-refractivity contribution is -0.122. The van der Waals surface area contributed by atoms with Crippen LogP contribution < -0.4 is 16.0 Å². The Labute approximate surface area is 135 Å². The average molecular weight is 309 g/mol. The fourth-order valence-electron chi connectivity index (χ4n) is 2.57. The molecule has 0 saturated carbocycles. The molecule has 0 aliphatic carbocycles. The van der Waals surface area contributed by atoms with Crippen LogP contribution >= 0.6 is 0 Å².